The third kappa shape index (κ3) is 2.87. The van der Waals surface area contributed by atoms with Gasteiger partial charge in [-0.3, -0.25) is 4.90 Å². The highest BCUT2D eigenvalue weighted by atomic mass is 35.5. The highest BCUT2D eigenvalue weighted by molar-refractivity contribution is 6.31. The number of hydrogen-bond acceptors (Lipinski definition) is 2. The highest BCUT2D eigenvalue weighted by Gasteiger charge is 2.34. The molecule has 1 N–H and O–H groups in total. The Hall–Kier alpha value is -0.570. The molecule has 1 unspecified atom stereocenters. The lowest BCUT2D eigenvalue weighted by Gasteiger charge is -2.16. The van der Waals surface area contributed by atoms with Crippen LogP contribution in [0.25, 0.3) is 0 Å². The molecule has 0 aromatic heterocycles. The summed E-state index contributed by atoms with van der Waals surface area (Å²) >= 11 is 6.25. The largest absolute Gasteiger partial charge is 0.309 e. The topological polar surface area (TPSA) is 15.3 Å². The summed E-state index contributed by atoms with van der Waals surface area (Å²) in [5, 5.41) is 4.53. The zero-order valence-corrected chi connectivity index (χ0v) is 11.7. The van der Waals surface area contributed by atoms with Crippen LogP contribution in [0.2, 0.25) is 5.02 Å². The lowest BCUT2D eigenvalue weighted by molar-refractivity contribution is 0.317. The second-order valence-corrected chi connectivity index (χ2v) is 6.09. The van der Waals surface area contributed by atoms with E-state index in [4.69, 9.17) is 11.6 Å². The van der Waals surface area contributed by atoms with E-state index >= 15 is 0 Å². The Kier molecular flexibility index (Phi) is 3.60. The molecule has 3 rings (SSSR count). The van der Waals surface area contributed by atoms with Gasteiger partial charge in [0.05, 0.1) is 0 Å². The van der Waals surface area contributed by atoms with Gasteiger partial charge in [0, 0.05) is 36.7 Å². The van der Waals surface area contributed by atoms with E-state index in [0.717, 1.165) is 17.6 Å². The summed E-state index contributed by atoms with van der Waals surface area (Å²) in [7, 11) is 0. The van der Waals surface area contributed by atoms with Gasteiger partial charge in [0.25, 0.3) is 0 Å². The van der Waals surface area contributed by atoms with Gasteiger partial charge in [-0.1, -0.05) is 23.7 Å². The number of benzene rings is 1. The van der Waals surface area contributed by atoms with Crippen LogP contribution in [0.5, 0.6) is 0 Å². The van der Waals surface area contributed by atoms with Gasteiger partial charge in [0.2, 0.25) is 0 Å². The lowest BCUT2D eigenvalue weighted by atomic mass is 10.1. The Labute approximate surface area is 114 Å². The lowest BCUT2D eigenvalue weighted by Crippen LogP contribution is -2.32. The summed E-state index contributed by atoms with van der Waals surface area (Å²) in [6, 6.07) is 7.86. The number of aryl methyl sites for hydroxylation is 1. The quantitative estimate of drug-likeness (QED) is 0.900. The van der Waals surface area contributed by atoms with Crippen molar-refractivity contribution in [3.05, 3.63) is 34.3 Å². The average Bonchev–Trinajstić information content (AvgIpc) is 3.08. The van der Waals surface area contributed by atoms with Gasteiger partial charge in [-0.15, -0.1) is 0 Å². The molecule has 0 bridgehead atoms. The van der Waals surface area contributed by atoms with E-state index < -0.39 is 0 Å². The van der Waals surface area contributed by atoms with Crippen molar-refractivity contribution < 1.29 is 0 Å². The molecule has 1 aliphatic carbocycles. The summed E-state index contributed by atoms with van der Waals surface area (Å²) in [5.74, 6) is 0. The maximum Gasteiger partial charge on any atom is 0.0453 e. The van der Waals surface area contributed by atoms with Crippen LogP contribution >= 0.6 is 11.6 Å². The van der Waals surface area contributed by atoms with Crippen molar-refractivity contribution in [2.45, 2.75) is 44.8 Å². The molecule has 1 aromatic rings. The fourth-order valence-corrected chi connectivity index (χ4v) is 3.08. The Morgan fingerprint density at radius 2 is 2.17 bits per heavy atom. The Balaban J connectivity index is 1.51. The first-order valence-corrected chi connectivity index (χ1v) is 7.32. The minimum Gasteiger partial charge on any atom is -0.309 e. The molecule has 0 radical (unpaired) electrons. The fourth-order valence-electron chi connectivity index (χ4n) is 2.78. The molecule has 2 nitrogen and oxygen atoms in total. The van der Waals surface area contributed by atoms with Crippen molar-refractivity contribution >= 4 is 11.6 Å². The predicted molar refractivity (Wildman–Crippen MR) is 76.0 cm³/mol. The molecule has 2 fully saturated rings. The molecule has 0 amide bonds. The molecule has 1 heterocycles. The molecule has 2 aliphatic rings. The molecule has 1 aromatic carbocycles. The van der Waals surface area contributed by atoms with Gasteiger partial charge in [-0.05, 0) is 43.4 Å². The number of nitrogens with zero attached hydrogens (tertiary/aromatic N) is 1. The smallest absolute Gasteiger partial charge is 0.0453 e. The second-order valence-electron chi connectivity index (χ2n) is 5.69. The molecular weight excluding hydrogens is 244 g/mol. The first kappa shape index (κ1) is 12.5. The van der Waals surface area contributed by atoms with Gasteiger partial charge in [-0.25, -0.2) is 0 Å². The Bertz CT molecular complexity index is 429. The van der Waals surface area contributed by atoms with Gasteiger partial charge in [0.1, 0.15) is 0 Å². The number of nitrogens with one attached hydrogen (secondary N) is 1. The van der Waals surface area contributed by atoms with Crippen LogP contribution in [0.3, 0.4) is 0 Å². The van der Waals surface area contributed by atoms with Gasteiger partial charge >= 0.3 is 0 Å². The van der Waals surface area contributed by atoms with E-state index in [9.17, 15) is 0 Å². The minimum atomic E-state index is 0.642. The van der Waals surface area contributed by atoms with Crippen molar-refractivity contribution in [2.24, 2.45) is 0 Å². The first-order chi connectivity index (χ1) is 8.72. The number of hydrogen-bond donors (Lipinski definition) is 1. The first-order valence-electron chi connectivity index (χ1n) is 6.95. The van der Waals surface area contributed by atoms with Crippen LogP contribution in [-0.2, 0) is 6.54 Å². The van der Waals surface area contributed by atoms with E-state index in [2.05, 4.69) is 29.3 Å². The van der Waals surface area contributed by atoms with Crippen LogP contribution in [0.15, 0.2) is 18.2 Å². The van der Waals surface area contributed by atoms with Gasteiger partial charge < -0.3 is 5.32 Å². The van der Waals surface area contributed by atoms with E-state index in [-0.39, 0.29) is 0 Å². The minimum absolute atomic E-state index is 0.642. The number of halogens is 1. The Morgan fingerprint density at radius 1 is 1.33 bits per heavy atom. The van der Waals surface area contributed by atoms with Crippen molar-refractivity contribution in [1.29, 1.82) is 0 Å². The molecule has 1 saturated carbocycles. The van der Waals surface area contributed by atoms with E-state index in [0.29, 0.717) is 6.04 Å². The normalized spacial score (nSPS) is 24.7. The van der Waals surface area contributed by atoms with E-state index in [1.54, 1.807) is 0 Å². The third-order valence-electron chi connectivity index (χ3n) is 4.07. The van der Waals surface area contributed by atoms with Crippen molar-refractivity contribution in [2.75, 3.05) is 13.1 Å². The Morgan fingerprint density at radius 3 is 2.89 bits per heavy atom. The summed E-state index contributed by atoms with van der Waals surface area (Å²) in [6.45, 7) is 5.45. The molecule has 1 saturated heterocycles. The van der Waals surface area contributed by atoms with Crippen molar-refractivity contribution in [1.82, 2.24) is 10.2 Å². The molecule has 0 spiro atoms. The number of rotatable bonds is 4. The molecular formula is C15H21ClN2. The van der Waals surface area contributed by atoms with Crippen molar-refractivity contribution in [3.8, 4) is 0 Å². The third-order valence-corrected chi connectivity index (χ3v) is 4.42. The highest BCUT2D eigenvalue weighted by Crippen LogP contribution is 2.30. The standard InChI is InChI=1S/C15H21ClN2/c1-11-2-3-12(15(16)8-11)9-17-13-6-7-18(10-13)14-4-5-14/h2-3,8,13-14,17H,4-7,9-10H2,1H3. The van der Waals surface area contributed by atoms with Gasteiger partial charge in [-0.2, -0.15) is 0 Å². The van der Waals surface area contributed by atoms with Crippen molar-refractivity contribution in [3.63, 3.8) is 0 Å². The molecule has 1 atom stereocenters. The van der Waals surface area contributed by atoms with E-state index in [1.807, 2.05) is 6.07 Å². The maximum atomic E-state index is 6.25. The van der Waals surface area contributed by atoms with Crippen LogP contribution in [-0.4, -0.2) is 30.1 Å². The predicted octanol–water partition coefficient (Wildman–Crippen LogP) is 2.97. The molecule has 3 heteroatoms. The summed E-state index contributed by atoms with van der Waals surface area (Å²) in [6.07, 6.45) is 4.10. The number of likely N-dealkylation sites (tertiary alicyclic amines) is 1. The zero-order chi connectivity index (χ0) is 12.5. The fraction of sp³-hybridized carbons (Fsp3) is 0.600. The monoisotopic (exact) mass is 264 g/mol. The maximum absolute atomic E-state index is 6.25. The SMILES string of the molecule is Cc1ccc(CNC2CCN(C3CC3)C2)c(Cl)c1. The second kappa shape index (κ2) is 5.20. The van der Waals surface area contributed by atoms with E-state index in [1.165, 1.54) is 43.5 Å². The summed E-state index contributed by atoms with van der Waals surface area (Å²) in [4.78, 5) is 2.63. The zero-order valence-electron chi connectivity index (χ0n) is 11.0. The summed E-state index contributed by atoms with van der Waals surface area (Å²) in [5.41, 5.74) is 2.44. The van der Waals surface area contributed by atoms with Crippen LogP contribution in [0.1, 0.15) is 30.4 Å². The van der Waals surface area contributed by atoms with Crippen LogP contribution in [0, 0.1) is 6.92 Å². The summed E-state index contributed by atoms with van der Waals surface area (Å²) < 4.78 is 0. The molecule has 1 aliphatic heterocycles. The molecule has 18 heavy (non-hydrogen) atoms. The van der Waals surface area contributed by atoms with Crippen LogP contribution in [0.4, 0.5) is 0 Å². The van der Waals surface area contributed by atoms with Gasteiger partial charge in [0.15, 0.2) is 0 Å². The van der Waals surface area contributed by atoms with Crippen LogP contribution < -0.4 is 5.32 Å². The molecule has 98 valence electrons. The average molecular weight is 265 g/mol.